The largest absolute Gasteiger partial charge is 0.458 e. The molecule has 0 N–H and O–H groups in total. The van der Waals surface area contributed by atoms with Gasteiger partial charge >= 0.3 is 0 Å². The van der Waals surface area contributed by atoms with E-state index in [1.807, 2.05) is 0 Å². The van der Waals surface area contributed by atoms with Gasteiger partial charge in [-0.1, -0.05) is 121 Å². The van der Waals surface area contributed by atoms with E-state index in [2.05, 4.69) is 210 Å². The van der Waals surface area contributed by atoms with E-state index in [1.165, 1.54) is 32.5 Å². The van der Waals surface area contributed by atoms with Crippen molar-refractivity contribution in [1.82, 2.24) is 4.57 Å². The molecular formula is C54H33BN2O2. The number of benzene rings is 10. The second kappa shape index (κ2) is 12.4. The van der Waals surface area contributed by atoms with E-state index >= 15 is 0 Å². The van der Waals surface area contributed by atoms with Gasteiger partial charge in [-0.25, -0.2) is 0 Å². The molecule has 13 rings (SSSR count). The summed E-state index contributed by atoms with van der Waals surface area (Å²) in [5, 5.41) is 9.31. The zero-order chi connectivity index (χ0) is 38.6. The molecule has 2 aliphatic rings. The SMILES string of the molecule is c1ccc(N(c2ccccc2)c2ccc3cc4c5cc6c7c(c5n(-c5ccccc5)c4cc3c2)Oc2ccc3ccccc3c2B7c2c(ccc3ccccc23)O6)cc1. The maximum Gasteiger partial charge on any atom is 0.262 e. The van der Waals surface area contributed by atoms with Crippen LogP contribution in [0.2, 0.25) is 0 Å². The fourth-order valence-electron chi connectivity index (χ4n) is 9.89. The molecule has 59 heavy (non-hydrogen) atoms. The molecule has 5 heteroatoms. The number of aromatic nitrogens is 1. The minimum Gasteiger partial charge on any atom is -0.458 e. The Balaban J connectivity index is 1.12. The first kappa shape index (κ1) is 32.3. The summed E-state index contributed by atoms with van der Waals surface area (Å²) in [6.45, 7) is -0.111. The van der Waals surface area contributed by atoms with Crippen LogP contribution in [0.4, 0.5) is 17.1 Å². The van der Waals surface area contributed by atoms with Crippen molar-refractivity contribution in [2.45, 2.75) is 0 Å². The molecule has 0 aliphatic carbocycles. The Morgan fingerprint density at radius 2 is 0.949 bits per heavy atom. The monoisotopic (exact) mass is 752 g/mol. The molecule has 0 atom stereocenters. The average molecular weight is 753 g/mol. The van der Waals surface area contributed by atoms with Crippen LogP contribution in [0.1, 0.15) is 0 Å². The van der Waals surface area contributed by atoms with Crippen LogP contribution in [0.25, 0.3) is 59.8 Å². The van der Waals surface area contributed by atoms with Crippen LogP contribution >= 0.6 is 0 Å². The maximum absolute atomic E-state index is 7.30. The molecule has 0 saturated carbocycles. The molecule has 10 aromatic carbocycles. The van der Waals surface area contributed by atoms with Gasteiger partial charge in [-0.05, 0) is 122 Å². The van der Waals surface area contributed by atoms with Gasteiger partial charge in [-0.15, -0.1) is 0 Å². The highest BCUT2D eigenvalue weighted by Gasteiger charge is 2.44. The number of nitrogens with zero attached hydrogens (tertiary/aromatic N) is 2. The van der Waals surface area contributed by atoms with Gasteiger partial charge in [-0.3, -0.25) is 0 Å². The van der Waals surface area contributed by atoms with Gasteiger partial charge in [0.1, 0.15) is 17.2 Å². The molecule has 0 saturated heterocycles. The van der Waals surface area contributed by atoms with Crippen molar-refractivity contribution in [3.8, 4) is 28.7 Å². The topological polar surface area (TPSA) is 26.6 Å². The third-order valence-electron chi connectivity index (χ3n) is 12.4. The lowest BCUT2D eigenvalue weighted by Crippen LogP contribution is -2.58. The molecule has 3 heterocycles. The maximum atomic E-state index is 7.30. The number of hydrogen-bond donors (Lipinski definition) is 0. The summed E-state index contributed by atoms with van der Waals surface area (Å²) < 4.78 is 16.8. The fraction of sp³-hybridized carbons (Fsp3) is 0. The zero-order valence-corrected chi connectivity index (χ0v) is 31.8. The smallest absolute Gasteiger partial charge is 0.262 e. The third-order valence-corrected chi connectivity index (χ3v) is 12.4. The van der Waals surface area contributed by atoms with E-state index in [4.69, 9.17) is 9.47 Å². The lowest BCUT2D eigenvalue weighted by Gasteiger charge is -2.35. The summed E-state index contributed by atoms with van der Waals surface area (Å²) in [7, 11) is 0. The van der Waals surface area contributed by atoms with Gasteiger partial charge in [0.25, 0.3) is 6.71 Å². The molecule has 1 aromatic heterocycles. The molecule has 2 aliphatic heterocycles. The van der Waals surface area contributed by atoms with Crippen LogP contribution in [0.5, 0.6) is 23.0 Å². The molecule has 11 aromatic rings. The van der Waals surface area contributed by atoms with E-state index in [9.17, 15) is 0 Å². The van der Waals surface area contributed by atoms with Crippen molar-refractivity contribution < 1.29 is 9.47 Å². The van der Waals surface area contributed by atoms with Crippen molar-refractivity contribution in [3.05, 3.63) is 200 Å². The normalized spacial score (nSPS) is 12.6. The third kappa shape index (κ3) is 4.73. The van der Waals surface area contributed by atoms with Crippen LogP contribution < -0.4 is 30.8 Å². The second-order valence-corrected chi connectivity index (χ2v) is 15.6. The highest BCUT2D eigenvalue weighted by atomic mass is 16.5. The van der Waals surface area contributed by atoms with Crippen LogP contribution in [0.15, 0.2) is 200 Å². The minimum atomic E-state index is -0.111. The van der Waals surface area contributed by atoms with E-state index in [-0.39, 0.29) is 6.71 Å². The van der Waals surface area contributed by atoms with Crippen LogP contribution in [-0.4, -0.2) is 11.3 Å². The Hall–Kier alpha value is -7.76. The van der Waals surface area contributed by atoms with Crippen molar-refractivity contribution in [3.63, 3.8) is 0 Å². The number of hydrogen-bond acceptors (Lipinski definition) is 3. The van der Waals surface area contributed by atoms with Gasteiger partial charge in [0.15, 0.2) is 5.75 Å². The van der Waals surface area contributed by atoms with Crippen LogP contribution in [0.3, 0.4) is 0 Å². The van der Waals surface area contributed by atoms with Crippen molar-refractivity contribution in [2.75, 3.05) is 4.90 Å². The molecule has 0 unspecified atom stereocenters. The standard InChI is InChI=1S/C54H33BN2O2/c1-4-16-38(17-5-1)56(39-18-6-2-7-19-39)41-27-24-36-31-44-45-33-49-52-54(53(45)57(40-20-8-3-9-21-40)46(44)32-37(36)30-41)59-48-29-26-35-15-11-13-23-43(35)51(48)55(52)50-42-22-12-10-14-34(42)25-28-47(50)58-49/h1-33H. The van der Waals surface area contributed by atoms with E-state index < -0.39 is 0 Å². The first-order valence-corrected chi connectivity index (χ1v) is 20.2. The molecular weight excluding hydrogens is 719 g/mol. The minimum absolute atomic E-state index is 0.111. The van der Waals surface area contributed by atoms with Crippen molar-refractivity contribution in [1.29, 1.82) is 0 Å². The van der Waals surface area contributed by atoms with Crippen molar-refractivity contribution in [2.24, 2.45) is 0 Å². The predicted octanol–water partition coefficient (Wildman–Crippen LogP) is 12.4. The molecule has 0 radical (unpaired) electrons. The number of rotatable bonds is 4. The fourth-order valence-corrected chi connectivity index (χ4v) is 9.89. The predicted molar refractivity (Wildman–Crippen MR) is 246 cm³/mol. The molecule has 4 nitrogen and oxygen atoms in total. The highest BCUT2D eigenvalue weighted by Crippen LogP contribution is 2.47. The Labute approximate surface area is 340 Å². The summed E-state index contributed by atoms with van der Waals surface area (Å²) in [4.78, 5) is 2.32. The van der Waals surface area contributed by atoms with Crippen LogP contribution in [0, 0.1) is 0 Å². The number of ether oxygens (including phenoxy) is 2. The lowest BCUT2D eigenvalue weighted by molar-refractivity contribution is 0.468. The first-order valence-electron chi connectivity index (χ1n) is 20.2. The number of fused-ring (bicyclic) bond motifs is 13. The Morgan fingerprint density at radius 1 is 0.373 bits per heavy atom. The van der Waals surface area contributed by atoms with E-state index in [0.717, 1.165) is 83.8 Å². The van der Waals surface area contributed by atoms with Gasteiger partial charge in [0.2, 0.25) is 0 Å². The summed E-state index contributed by atoms with van der Waals surface area (Å²) >= 11 is 0. The van der Waals surface area contributed by atoms with Gasteiger partial charge in [-0.2, -0.15) is 0 Å². The summed E-state index contributed by atoms with van der Waals surface area (Å²) in [6.07, 6.45) is 0. The zero-order valence-electron chi connectivity index (χ0n) is 31.8. The number of anilines is 3. The van der Waals surface area contributed by atoms with Gasteiger partial charge in [0.05, 0.1) is 11.0 Å². The molecule has 0 bridgehead atoms. The lowest BCUT2D eigenvalue weighted by atomic mass is 9.33. The molecule has 0 amide bonds. The van der Waals surface area contributed by atoms with Crippen LogP contribution in [-0.2, 0) is 0 Å². The van der Waals surface area contributed by atoms with E-state index in [0.29, 0.717) is 0 Å². The summed E-state index contributed by atoms with van der Waals surface area (Å²) in [6, 6.07) is 71.7. The first-order chi connectivity index (χ1) is 29.3. The molecule has 0 fully saturated rings. The van der Waals surface area contributed by atoms with Gasteiger partial charge in [0, 0.05) is 39.0 Å². The number of para-hydroxylation sites is 3. The average Bonchev–Trinajstić information content (AvgIpc) is 3.61. The summed E-state index contributed by atoms with van der Waals surface area (Å²) in [5.41, 5.74) is 9.94. The van der Waals surface area contributed by atoms with E-state index in [1.54, 1.807) is 0 Å². The van der Waals surface area contributed by atoms with Crippen molar-refractivity contribution >= 4 is 94.3 Å². The second-order valence-electron chi connectivity index (χ2n) is 15.6. The Bertz CT molecular complexity index is 3420. The molecule has 274 valence electrons. The molecule has 0 spiro atoms. The Morgan fingerprint density at radius 3 is 1.61 bits per heavy atom. The summed E-state index contributed by atoms with van der Waals surface area (Å²) in [5.74, 6) is 3.44. The quantitative estimate of drug-likeness (QED) is 0.168. The Kier molecular flexibility index (Phi) is 6.78. The van der Waals surface area contributed by atoms with Gasteiger partial charge < -0.3 is 18.9 Å². The highest BCUT2D eigenvalue weighted by molar-refractivity contribution is 7.01.